The van der Waals surface area contributed by atoms with Crippen molar-refractivity contribution in [1.29, 1.82) is 0 Å². The van der Waals surface area contributed by atoms with Crippen molar-refractivity contribution in [3.8, 4) is 0 Å². The predicted octanol–water partition coefficient (Wildman–Crippen LogP) is 2.39. The summed E-state index contributed by atoms with van der Waals surface area (Å²) in [6.07, 6.45) is 3.54. The van der Waals surface area contributed by atoms with Crippen LogP contribution in [-0.2, 0) is 19.5 Å². The summed E-state index contributed by atoms with van der Waals surface area (Å²) in [5.41, 5.74) is 4.02. The van der Waals surface area contributed by atoms with Crippen molar-refractivity contribution in [1.82, 2.24) is 19.8 Å². The van der Waals surface area contributed by atoms with Gasteiger partial charge in [0.2, 0.25) is 5.95 Å². The van der Waals surface area contributed by atoms with Crippen LogP contribution in [0.2, 0.25) is 0 Å². The summed E-state index contributed by atoms with van der Waals surface area (Å²) in [5.74, 6) is 2.16. The van der Waals surface area contributed by atoms with E-state index < -0.39 is 0 Å². The van der Waals surface area contributed by atoms with E-state index in [4.69, 9.17) is 9.97 Å². The maximum Gasteiger partial charge on any atom is 0.227 e. The first-order chi connectivity index (χ1) is 14.3. The maximum atomic E-state index is 5.15. The fourth-order valence-electron chi connectivity index (χ4n) is 4.75. The molecule has 2 fully saturated rings. The number of aromatic nitrogens is 2. The van der Waals surface area contributed by atoms with Gasteiger partial charge in [0.1, 0.15) is 5.82 Å². The van der Waals surface area contributed by atoms with Gasteiger partial charge in [-0.1, -0.05) is 30.3 Å². The van der Waals surface area contributed by atoms with Crippen LogP contribution >= 0.6 is 0 Å². The van der Waals surface area contributed by atoms with Gasteiger partial charge in [-0.15, -0.1) is 0 Å². The molecule has 0 aliphatic carbocycles. The number of hydrogen-bond donors (Lipinski definition) is 0. The molecule has 1 aromatic carbocycles. The van der Waals surface area contributed by atoms with Gasteiger partial charge in [-0.2, -0.15) is 4.98 Å². The van der Waals surface area contributed by atoms with Gasteiger partial charge >= 0.3 is 0 Å². The molecule has 0 atom stereocenters. The minimum absolute atomic E-state index is 0.951. The number of anilines is 2. The fraction of sp³-hybridized carbons (Fsp3) is 0.565. The van der Waals surface area contributed by atoms with Gasteiger partial charge in [0, 0.05) is 70.9 Å². The Kier molecular flexibility index (Phi) is 5.38. The largest absolute Gasteiger partial charge is 0.354 e. The molecule has 154 valence electrons. The van der Waals surface area contributed by atoms with Crippen LogP contribution in [0.4, 0.5) is 11.8 Å². The first-order valence-corrected chi connectivity index (χ1v) is 11.1. The first-order valence-electron chi connectivity index (χ1n) is 11.1. The van der Waals surface area contributed by atoms with E-state index in [1.807, 2.05) is 0 Å². The quantitative estimate of drug-likeness (QED) is 0.796. The molecule has 29 heavy (non-hydrogen) atoms. The molecule has 0 unspecified atom stereocenters. The van der Waals surface area contributed by atoms with E-state index in [1.165, 1.54) is 35.5 Å². The molecule has 2 saturated heterocycles. The Morgan fingerprint density at radius 1 is 0.828 bits per heavy atom. The van der Waals surface area contributed by atoms with E-state index in [2.05, 4.69) is 57.0 Å². The number of nitrogens with zero attached hydrogens (tertiary/aromatic N) is 6. The second-order valence-corrected chi connectivity index (χ2v) is 8.70. The number of fused-ring (bicyclic) bond motifs is 1. The molecule has 0 bridgehead atoms. The molecule has 0 saturated carbocycles. The number of benzene rings is 1. The van der Waals surface area contributed by atoms with Crippen molar-refractivity contribution in [2.45, 2.75) is 32.4 Å². The number of hydrogen-bond acceptors (Lipinski definition) is 6. The second-order valence-electron chi connectivity index (χ2n) is 8.70. The molecule has 0 amide bonds. The summed E-state index contributed by atoms with van der Waals surface area (Å²) >= 11 is 0. The average molecular weight is 393 g/mol. The number of likely N-dealkylation sites (N-methyl/N-ethyl adjacent to an activating group) is 1. The van der Waals surface area contributed by atoms with Gasteiger partial charge in [-0.3, -0.25) is 4.90 Å². The van der Waals surface area contributed by atoms with E-state index in [9.17, 15) is 0 Å². The Morgan fingerprint density at radius 2 is 1.59 bits per heavy atom. The van der Waals surface area contributed by atoms with E-state index >= 15 is 0 Å². The molecule has 4 heterocycles. The highest BCUT2D eigenvalue weighted by Gasteiger charge is 2.28. The summed E-state index contributed by atoms with van der Waals surface area (Å²) in [4.78, 5) is 20.1. The third-order valence-corrected chi connectivity index (χ3v) is 6.55. The third-order valence-electron chi connectivity index (χ3n) is 6.55. The van der Waals surface area contributed by atoms with Crippen LogP contribution in [0, 0.1) is 0 Å². The second kappa shape index (κ2) is 8.28. The zero-order chi connectivity index (χ0) is 19.6. The molecular weight excluding hydrogens is 360 g/mol. The van der Waals surface area contributed by atoms with Crippen molar-refractivity contribution in [3.63, 3.8) is 0 Å². The summed E-state index contributed by atoms with van der Waals surface area (Å²) in [7, 11) is 2.21. The highest BCUT2D eigenvalue weighted by molar-refractivity contribution is 5.55. The zero-order valence-electron chi connectivity index (χ0n) is 17.6. The Morgan fingerprint density at radius 3 is 2.34 bits per heavy atom. The highest BCUT2D eigenvalue weighted by Crippen LogP contribution is 2.31. The molecule has 1 aromatic heterocycles. The van der Waals surface area contributed by atoms with Crippen LogP contribution in [-0.4, -0.2) is 72.6 Å². The molecular formula is C23H32N6. The summed E-state index contributed by atoms with van der Waals surface area (Å²) < 4.78 is 0. The van der Waals surface area contributed by atoms with Gasteiger partial charge in [0.15, 0.2) is 0 Å². The van der Waals surface area contributed by atoms with Crippen LogP contribution in [0.5, 0.6) is 0 Å². The molecule has 0 radical (unpaired) electrons. The van der Waals surface area contributed by atoms with E-state index in [-0.39, 0.29) is 0 Å². The Labute approximate surface area is 174 Å². The van der Waals surface area contributed by atoms with Gasteiger partial charge in [0.05, 0.1) is 5.69 Å². The molecule has 5 rings (SSSR count). The van der Waals surface area contributed by atoms with Crippen molar-refractivity contribution < 1.29 is 0 Å². The first kappa shape index (κ1) is 18.8. The molecule has 0 spiro atoms. The average Bonchev–Trinajstić information content (AvgIpc) is 3.29. The monoisotopic (exact) mass is 392 g/mol. The Hall–Kier alpha value is -2.18. The smallest absolute Gasteiger partial charge is 0.227 e. The zero-order valence-corrected chi connectivity index (χ0v) is 17.6. The fourth-order valence-corrected chi connectivity index (χ4v) is 4.75. The highest BCUT2D eigenvalue weighted by atomic mass is 15.3. The molecule has 2 aromatic rings. The van der Waals surface area contributed by atoms with Gasteiger partial charge in [-0.25, -0.2) is 4.98 Å². The summed E-state index contributed by atoms with van der Waals surface area (Å²) in [6, 6.07) is 10.8. The van der Waals surface area contributed by atoms with Crippen LogP contribution in [0.15, 0.2) is 30.3 Å². The van der Waals surface area contributed by atoms with Gasteiger partial charge in [0.25, 0.3) is 0 Å². The van der Waals surface area contributed by atoms with Crippen molar-refractivity contribution in [3.05, 3.63) is 47.2 Å². The van der Waals surface area contributed by atoms with Crippen molar-refractivity contribution in [2.24, 2.45) is 0 Å². The van der Waals surface area contributed by atoms with E-state index in [0.717, 1.165) is 71.3 Å². The lowest BCUT2D eigenvalue weighted by molar-refractivity contribution is 0.242. The minimum atomic E-state index is 0.951. The number of rotatable bonds is 4. The van der Waals surface area contributed by atoms with Gasteiger partial charge < -0.3 is 14.7 Å². The lowest BCUT2D eigenvalue weighted by atomic mass is 10.0. The molecule has 6 nitrogen and oxygen atoms in total. The lowest BCUT2D eigenvalue weighted by Gasteiger charge is -2.37. The maximum absolute atomic E-state index is 5.15. The van der Waals surface area contributed by atoms with Crippen LogP contribution in [0.1, 0.15) is 29.7 Å². The molecule has 3 aliphatic heterocycles. The summed E-state index contributed by atoms with van der Waals surface area (Å²) in [6.45, 7) is 9.53. The normalized spacial score (nSPS) is 20.9. The molecule has 0 N–H and O–H groups in total. The lowest BCUT2D eigenvalue weighted by Crippen LogP contribution is -2.46. The molecule has 3 aliphatic rings. The van der Waals surface area contributed by atoms with E-state index in [1.54, 1.807) is 0 Å². The third kappa shape index (κ3) is 4.09. The standard InChI is InChI=1S/C23H32N6/c1-26-13-15-28(16-14-26)22-20-18-27(17-19-7-3-2-4-8-19)12-9-21(20)24-23(25-22)29-10-5-6-11-29/h2-4,7-8H,5-6,9-18H2,1H3. The minimum Gasteiger partial charge on any atom is -0.354 e. The molecule has 6 heteroatoms. The van der Waals surface area contributed by atoms with Crippen LogP contribution < -0.4 is 9.80 Å². The Bertz CT molecular complexity index is 825. The van der Waals surface area contributed by atoms with Crippen LogP contribution in [0.3, 0.4) is 0 Å². The SMILES string of the molecule is CN1CCN(c2nc(N3CCCC3)nc3c2CN(Cc2ccccc2)CC3)CC1. The van der Waals surface area contributed by atoms with Gasteiger partial charge in [-0.05, 0) is 25.5 Å². The van der Waals surface area contributed by atoms with E-state index in [0.29, 0.717) is 0 Å². The van der Waals surface area contributed by atoms with Crippen molar-refractivity contribution >= 4 is 11.8 Å². The predicted molar refractivity (Wildman–Crippen MR) is 117 cm³/mol. The van der Waals surface area contributed by atoms with Crippen LogP contribution in [0.25, 0.3) is 0 Å². The topological polar surface area (TPSA) is 38.7 Å². The number of piperazine rings is 1. The summed E-state index contributed by atoms with van der Waals surface area (Å²) in [5, 5.41) is 0. The van der Waals surface area contributed by atoms with Crippen molar-refractivity contribution in [2.75, 3.05) is 62.7 Å². The Balaban J connectivity index is 1.44.